The summed E-state index contributed by atoms with van der Waals surface area (Å²) in [5.74, 6) is 2.92. The van der Waals surface area contributed by atoms with Crippen LogP contribution in [0.25, 0.3) is 0 Å². The summed E-state index contributed by atoms with van der Waals surface area (Å²) in [5, 5.41) is 0. The van der Waals surface area contributed by atoms with Crippen molar-refractivity contribution in [3.05, 3.63) is 35.9 Å². The van der Waals surface area contributed by atoms with E-state index < -0.39 is 0 Å². The SMILES string of the molecule is C#CC1(CCc2ccccc2)CC1. The van der Waals surface area contributed by atoms with Crippen LogP contribution in [0.1, 0.15) is 24.8 Å². The molecule has 0 saturated heterocycles. The molecular formula is C13H14. The van der Waals surface area contributed by atoms with Gasteiger partial charge >= 0.3 is 0 Å². The van der Waals surface area contributed by atoms with E-state index in [2.05, 4.69) is 36.3 Å². The molecule has 0 amide bonds. The average molecular weight is 170 g/mol. The second-order valence-corrected chi connectivity index (χ2v) is 3.91. The van der Waals surface area contributed by atoms with Crippen molar-refractivity contribution < 1.29 is 0 Å². The Hall–Kier alpha value is -1.22. The molecule has 0 radical (unpaired) electrons. The average Bonchev–Trinajstić information content (AvgIpc) is 2.97. The Balaban J connectivity index is 1.91. The van der Waals surface area contributed by atoms with Crippen LogP contribution in [0, 0.1) is 17.8 Å². The maximum Gasteiger partial charge on any atom is 0.0316 e. The molecule has 0 atom stereocenters. The number of aryl methyl sites for hydroxylation is 1. The molecule has 0 aromatic heterocycles. The van der Waals surface area contributed by atoms with E-state index in [0.29, 0.717) is 0 Å². The predicted molar refractivity (Wildman–Crippen MR) is 55.3 cm³/mol. The van der Waals surface area contributed by atoms with Gasteiger partial charge in [-0.2, -0.15) is 0 Å². The zero-order valence-corrected chi connectivity index (χ0v) is 7.79. The molecule has 0 spiro atoms. The quantitative estimate of drug-likeness (QED) is 0.612. The monoisotopic (exact) mass is 170 g/mol. The summed E-state index contributed by atoms with van der Waals surface area (Å²) in [7, 11) is 0. The summed E-state index contributed by atoms with van der Waals surface area (Å²) in [6, 6.07) is 10.6. The molecule has 0 bridgehead atoms. The van der Waals surface area contributed by atoms with Gasteiger partial charge in [-0.1, -0.05) is 36.3 Å². The lowest BCUT2D eigenvalue weighted by Crippen LogP contribution is -1.98. The van der Waals surface area contributed by atoms with Crippen molar-refractivity contribution in [2.45, 2.75) is 25.7 Å². The minimum atomic E-state index is 0.274. The van der Waals surface area contributed by atoms with E-state index in [4.69, 9.17) is 6.42 Å². The van der Waals surface area contributed by atoms with Crippen molar-refractivity contribution in [3.63, 3.8) is 0 Å². The predicted octanol–water partition coefficient (Wildman–Crippen LogP) is 3.03. The van der Waals surface area contributed by atoms with Crippen LogP contribution in [-0.4, -0.2) is 0 Å². The van der Waals surface area contributed by atoms with Gasteiger partial charge in [-0.15, -0.1) is 6.42 Å². The van der Waals surface area contributed by atoms with Crippen LogP contribution >= 0.6 is 0 Å². The molecule has 2 rings (SSSR count). The largest absolute Gasteiger partial charge is 0.120 e. The van der Waals surface area contributed by atoms with Gasteiger partial charge in [0.25, 0.3) is 0 Å². The fraction of sp³-hybridized carbons (Fsp3) is 0.385. The fourth-order valence-electron chi connectivity index (χ4n) is 1.65. The second kappa shape index (κ2) is 3.26. The number of benzene rings is 1. The van der Waals surface area contributed by atoms with E-state index in [9.17, 15) is 0 Å². The van der Waals surface area contributed by atoms with Crippen LogP contribution in [-0.2, 0) is 6.42 Å². The van der Waals surface area contributed by atoms with Crippen LogP contribution in [0.2, 0.25) is 0 Å². The number of terminal acetylenes is 1. The highest BCUT2D eigenvalue weighted by Crippen LogP contribution is 2.48. The summed E-state index contributed by atoms with van der Waals surface area (Å²) in [6.07, 6.45) is 10.2. The van der Waals surface area contributed by atoms with Crippen molar-refractivity contribution in [2.24, 2.45) is 5.41 Å². The Morgan fingerprint density at radius 2 is 1.92 bits per heavy atom. The van der Waals surface area contributed by atoms with E-state index >= 15 is 0 Å². The van der Waals surface area contributed by atoms with Crippen molar-refractivity contribution in [3.8, 4) is 12.3 Å². The topological polar surface area (TPSA) is 0 Å². The molecule has 0 unspecified atom stereocenters. The maximum atomic E-state index is 5.48. The zero-order chi connectivity index (χ0) is 9.15. The Morgan fingerprint density at radius 3 is 2.46 bits per heavy atom. The van der Waals surface area contributed by atoms with Crippen LogP contribution in [0.5, 0.6) is 0 Å². The summed E-state index contributed by atoms with van der Waals surface area (Å²) in [5.41, 5.74) is 1.68. The Morgan fingerprint density at radius 1 is 1.23 bits per heavy atom. The third-order valence-electron chi connectivity index (χ3n) is 2.89. The van der Waals surface area contributed by atoms with Gasteiger partial charge in [0, 0.05) is 5.41 Å². The highest BCUT2D eigenvalue weighted by atomic mass is 14.4. The minimum absolute atomic E-state index is 0.274. The molecular weight excluding hydrogens is 156 g/mol. The first-order valence-electron chi connectivity index (χ1n) is 4.86. The Kier molecular flexibility index (Phi) is 2.10. The van der Waals surface area contributed by atoms with E-state index in [1.165, 1.54) is 18.4 Å². The van der Waals surface area contributed by atoms with E-state index in [-0.39, 0.29) is 5.41 Å². The molecule has 1 fully saturated rings. The molecule has 0 aliphatic heterocycles. The molecule has 66 valence electrons. The first kappa shape index (κ1) is 8.38. The van der Waals surface area contributed by atoms with Gasteiger partial charge in [0.15, 0.2) is 0 Å². The van der Waals surface area contributed by atoms with Crippen molar-refractivity contribution >= 4 is 0 Å². The van der Waals surface area contributed by atoms with Crippen LogP contribution < -0.4 is 0 Å². The molecule has 1 aliphatic carbocycles. The van der Waals surface area contributed by atoms with Crippen LogP contribution in [0.3, 0.4) is 0 Å². The van der Waals surface area contributed by atoms with Crippen molar-refractivity contribution in [2.75, 3.05) is 0 Å². The van der Waals surface area contributed by atoms with Crippen LogP contribution in [0.15, 0.2) is 30.3 Å². The molecule has 1 aliphatic rings. The van der Waals surface area contributed by atoms with Crippen molar-refractivity contribution in [1.82, 2.24) is 0 Å². The van der Waals surface area contributed by atoms with Gasteiger partial charge in [-0.05, 0) is 31.2 Å². The van der Waals surface area contributed by atoms with Gasteiger partial charge in [0.2, 0.25) is 0 Å². The van der Waals surface area contributed by atoms with Gasteiger partial charge < -0.3 is 0 Å². The lowest BCUT2D eigenvalue weighted by Gasteiger charge is -2.06. The third kappa shape index (κ3) is 1.92. The first-order valence-corrected chi connectivity index (χ1v) is 4.86. The van der Waals surface area contributed by atoms with E-state index in [0.717, 1.165) is 12.8 Å². The lowest BCUT2D eigenvalue weighted by atomic mass is 9.98. The molecule has 0 heterocycles. The Bertz CT molecular complexity index is 312. The molecule has 13 heavy (non-hydrogen) atoms. The van der Waals surface area contributed by atoms with E-state index in [1.54, 1.807) is 0 Å². The smallest absolute Gasteiger partial charge is 0.0316 e. The number of hydrogen-bond acceptors (Lipinski definition) is 0. The molecule has 0 N–H and O–H groups in total. The zero-order valence-electron chi connectivity index (χ0n) is 7.79. The third-order valence-corrected chi connectivity index (χ3v) is 2.89. The molecule has 1 aromatic carbocycles. The van der Waals surface area contributed by atoms with Gasteiger partial charge in [-0.3, -0.25) is 0 Å². The van der Waals surface area contributed by atoms with E-state index in [1.807, 2.05) is 0 Å². The highest BCUT2D eigenvalue weighted by Gasteiger charge is 2.39. The standard InChI is InChI=1S/C13H14/c1-2-13(10-11-13)9-8-12-6-4-3-5-7-12/h1,3-7H,8-11H2. The summed E-state index contributed by atoms with van der Waals surface area (Å²) >= 11 is 0. The normalized spacial score (nSPS) is 17.8. The fourth-order valence-corrected chi connectivity index (χ4v) is 1.65. The number of hydrogen-bond donors (Lipinski definition) is 0. The minimum Gasteiger partial charge on any atom is -0.120 e. The molecule has 1 saturated carbocycles. The molecule has 0 nitrogen and oxygen atoms in total. The maximum absolute atomic E-state index is 5.48. The van der Waals surface area contributed by atoms with Gasteiger partial charge in [-0.25, -0.2) is 0 Å². The second-order valence-electron chi connectivity index (χ2n) is 3.91. The van der Waals surface area contributed by atoms with Gasteiger partial charge in [0.1, 0.15) is 0 Å². The van der Waals surface area contributed by atoms with Crippen molar-refractivity contribution in [1.29, 1.82) is 0 Å². The van der Waals surface area contributed by atoms with Gasteiger partial charge in [0.05, 0.1) is 0 Å². The van der Waals surface area contributed by atoms with Crippen LogP contribution in [0.4, 0.5) is 0 Å². The number of rotatable bonds is 3. The first-order chi connectivity index (χ1) is 6.35. The highest BCUT2D eigenvalue weighted by molar-refractivity contribution is 5.19. The molecule has 1 aromatic rings. The lowest BCUT2D eigenvalue weighted by molar-refractivity contribution is 0.606. The summed E-state index contributed by atoms with van der Waals surface area (Å²) in [6.45, 7) is 0. The molecule has 0 heteroatoms. The summed E-state index contributed by atoms with van der Waals surface area (Å²) in [4.78, 5) is 0. The summed E-state index contributed by atoms with van der Waals surface area (Å²) < 4.78 is 0. The Labute approximate surface area is 80.0 Å².